The molecule has 1 unspecified atom stereocenters. The summed E-state index contributed by atoms with van der Waals surface area (Å²) in [5.41, 5.74) is 4.03. The summed E-state index contributed by atoms with van der Waals surface area (Å²) in [6, 6.07) is 14.5. The molecule has 1 N–H and O–H groups in total. The molecule has 2 aromatic carbocycles. The van der Waals surface area contributed by atoms with E-state index in [9.17, 15) is 0 Å². The average molecular weight is 267 g/mol. The van der Waals surface area contributed by atoms with Gasteiger partial charge in [-0.15, -0.1) is 0 Å². The topological polar surface area (TPSA) is 30.5 Å². The van der Waals surface area contributed by atoms with Crippen molar-refractivity contribution in [3.8, 4) is 11.5 Å². The van der Waals surface area contributed by atoms with Crippen molar-refractivity contribution in [2.45, 2.75) is 19.1 Å². The van der Waals surface area contributed by atoms with Crippen LogP contribution >= 0.6 is 0 Å². The maximum atomic E-state index is 6.06. The molecule has 0 saturated heterocycles. The number of benzene rings is 2. The predicted molar refractivity (Wildman–Crippen MR) is 77.2 cm³/mol. The third-order valence-electron chi connectivity index (χ3n) is 4.00. The fourth-order valence-corrected chi connectivity index (χ4v) is 2.88. The van der Waals surface area contributed by atoms with Gasteiger partial charge in [0.1, 0.15) is 6.61 Å². The molecule has 20 heavy (non-hydrogen) atoms. The summed E-state index contributed by atoms with van der Waals surface area (Å²) < 4.78 is 11.9. The maximum Gasteiger partial charge on any atom is 0.162 e. The Morgan fingerprint density at radius 2 is 1.90 bits per heavy atom. The molecule has 0 saturated carbocycles. The summed E-state index contributed by atoms with van der Waals surface area (Å²) in [5, 5.41) is 3.41. The molecule has 102 valence electrons. The standard InChI is InChI=1S/C17H17NO2/c1-2-4-16-15(3-1)19-11-17(20-16)13-6-5-12-7-8-18-10-14(12)9-13/h1-6,9,17-18H,7-8,10-11H2. The van der Waals surface area contributed by atoms with Crippen molar-refractivity contribution < 1.29 is 9.47 Å². The van der Waals surface area contributed by atoms with Gasteiger partial charge in [0.05, 0.1) is 0 Å². The average Bonchev–Trinajstić information content (AvgIpc) is 2.54. The van der Waals surface area contributed by atoms with E-state index in [0.29, 0.717) is 6.61 Å². The lowest BCUT2D eigenvalue weighted by atomic mass is 9.96. The monoisotopic (exact) mass is 267 g/mol. The second-order valence-electron chi connectivity index (χ2n) is 5.32. The first-order chi connectivity index (χ1) is 9.90. The second-order valence-corrected chi connectivity index (χ2v) is 5.32. The molecule has 0 aromatic heterocycles. The SMILES string of the molecule is c1ccc2c(c1)OCC(c1ccc3c(c1)CNCC3)O2. The van der Waals surface area contributed by atoms with Crippen molar-refractivity contribution >= 4 is 0 Å². The summed E-state index contributed by atoms with van der Waals surface area (Å²) in [7, 11) is 0. The van der Waals surface area contributed by atoms with E-state index in [4.69, 9.17) is 9.47 Å². The predicted octanol–water partition coefficient (Wildman–Crippen LogP) is 2.84. The Labute approximate surface area is 118 Å². The molecule has 0 radical (unpaired) electrons. The van der Waals surface area contributed by atoms with Crippen LogP contribution in [0.1, 0.15) is 22.8 Å². The summed E-state index contributed by atoms with van der Waals surface area (Å²) in [6.07, 6.45) is 1.10. The van der Waals surface area contributed by atoms with E-state index >= 15 is 0 Å². The molecule has 0 fully saturated rings. The van der Waals surface area contributed by atoms with Crippen LogP contribution in [0, 0.1) is 0 Å². The Morgan fingerprint density at radius 3 is 2.85 bits per heavy atom. The molecule has 3 heteroatoms. The zero-order chi connectivity index (χ0) is 13.4. The van der Waals surface area contributed by atoms with E-state index in [1.54, 1.807) is 0 Å². The van der Waals surface area contributed by atoms with Crippen LogP contribution in [0.5, 0.6) is 11.5 Å². The Morgan fingerprint density at radius 1 is 1.00 bits per heavy atom. The minimum Gasteiger partial charge on any atom is -0.485 e. The van der Waals surface area contributed by atoms with E-state index in [1.165, 1.54) is 16.7 Å². The molecule has 0 spiro atoms. The number of ether oxygens (including phenoxy) is 2. The molecule has 2 aromatic rings. The Kier molecular flexibility index (Phi) is 2.85. The highest BCUT2D eigenvalue weighted by atomic mass is 16.6. The van der Waals surface area contributed by atoms with Gasteiger partial charge in [-0.1, -0.05) is 30.3 Å². The van der Waals surface area contributed by atoms with Gasteiger partial charge < -0.3 is 14.8 Å². The Bertz CT molecular complexity index is 639. The molecule has 0 aliphatic carbocycles. The number of fused-ring (bicyclic) bond motifs is 2. The fourth-order valence-electron chi connectivity index (χ4n) is 2.88. The Hall–Kier alpha value is -2.00. The lowest BCUT2D eigenvalue weighted by Gasteiger charge is -2.28. The number of hydrogen-bond donors (Lipinski definition) is 1. The Balaban J connectivity index is 1.63. The van der Waals surface area contributed by atoms with Crippen LogP contribution in [0.2, 0.25) is 0 Å². The zero-order valence-corrected chi connectivity index (χ0v) is 11.3. The van der Waals surface area contributed by atoms with E-state index in [2.05, 4.69) is 23.5 Å². The molecule has 0 bridgehead atoms. The lowest BCUT2D eigenvalue weighted by Crippen LogP contribution is -2.25. The molecule has 2 aliphatic heterocycles. The number of para-hydroxylation sites is 2. The summed E-state index contributed by atoms with van der Waals surface area (Å²) >= 11 is 0. The zero-order valence-electron chi connectivity index (χ0n) is 11.3. The molecule has 2 aliphatic rings. The van der Waals surface area contributed by atoms with Crippen LogP contribution in [0.3, 0.4) is 0 Å². The highest BCUT2D eigenvalue weighted by Crippen LogP contribution is 2.36. The van der Waals surface area contributed by atoms with Gasteiger partial charge in [-0.3, -0.25) is 0 Å². The van der Waals surface area contributed by atoms with Crippen molar-refractivity contribution in [1.82, 2.24) is 5.32 Å². The first kappa shape index (κ1) is 11.8. The van der Waals surface area contributed by atoms with Gasteiger partial charge in [-0.05, 0) is 41.8 Å². The van der Waals surface area contributed by atoms with Crippen molar-refractivity contribution in [1.29, 1.82) is 0 Å². The van der Waals surface area contributed by atoms with Crippen LogP contribution in [0.4, 0.5) is 0 Å². The first-order valence-corrected chi connectivity index (χ1v) is 7.11. The summed E-state index contributed by atoms with van der Waals surface area (Å²) in [5.74, 6) is 1.67. The minimum atomic E-state index is -0.0165. The van der Waals surface area contributed by atoms with Crippen LogP contribution in [0.15, 0.2) is 42.5 Å². The fraction of sp³-hybridized carbons (Fsp3) is 0.294. The van der Waals surface area contributed by atoms with Crippen molar-refractivity contribution in [2.24, 2.45) is 0 Å². The third-order valence-corrected chi connectivity index (χ3v) is 4.00. The third kappa shape index (κ3) is 2.04. The van der Waals surface area contributed by atoms with E-state index in [-0.39, 0.29) is 6.10 Å². The van der Waals surface area contributed by atoms with Gasteiger partial charge in [-0.2, -0.15) is 0 Å². The molecule has 0 amide bonds. The van der Waals surface area contributed by atoms with Crippen molar-refractivity contribution in [2.75, 3.05) is 13.2 Å². The lowest BCUT2D eigenvalue weighted by molar-refractivity contribution is 0.0912. The van der Waals surface area contributed by atoms with E-state index < -0.39 is 0 Å². The highest BCUT2D eigenvalue weighted by Gasteiger charge is 2.23. The normalized spacial score (nSPS) is 20.3. The van der Waals surface area contributed by atoms with E-state index in [1.807, 2.05) is 24.3 Å². The van der Waals surface area contributed by atoms with Gasteiger partial charge in [0.2, 0.25) is 0 Å². The number of nitrogens with one attached hydrogen (secondary N) is 1. The molecule has 3 nitrogen and oxygen atoms in total. The first-order valence-electron chi connectivity index (χ1n) is 7.11. The number of hydrogen-bond acceptors (Lipinski definition) is 3. The largest absolute Gasteiger partial charge is 0.485 e. The molecular formula is C17H17NO2. The van der Waals surface area contributed by atoms with Gasteiger partial charge in [-0.25, -0.2) is 0 Å². The quantitative estimate of drug-likeness (QED) is 0.862. The molecular weight excluding hydrogens is 250 g/mol. The maximum absolute atomic E-state index is 6.06. The minimum absolute atomic E-state index is 0.0165. The second kappa shape index (κ2) is 4.84. The van der Waals surface area contributed by atoms with Gasteiger partial charge in [0, 0.05) is 6.54 Å². The molecule has 2 heterocycles. The van der Waals surface area contributed by atoms with Crippen molar-refractivity contribution in [3.63, 3.8) is 0 Å². The van der Waals surface area contributed by atoms with Crippen LogP contribution in [-0.4, -0.2) is 13.2 Å². The molecule has 1 atom stereocenters. The van der Waals surface area contributed by atoms with Gasteiger partial charge in [0.25, 0.3) is 0 Å². The summed E-state index contributed by atoms with van der Waals surface area (Å²) in [4.78, 5) is 0. The smallest absolute Gasteiger partial charge is 0.162 e. The summed E-state index contributed by atoms with van der Waals surface area (Å²) in [6.45, 7) is 2.60. The van der Waals surface area contributed by atoms with Gasteiger partial charge >= 0.3 is 0 Å². The number of rotatable bonds is 1. The van der Waals surface area contributed by atoms with Gasteiger partial charge in [0.15, 0.2) is 17.6 Å². The van der Waals surface area contributed by atoms with Crippen molar-refractivity contribution in [3.05, 3.63) is 59.2 Å². The van der Waals surface area contributed by atoms with Crippen LogP contribution in [-0.2, 0) is 13.0 Å². The molecule has 4 rings (SSSR count). The highest BCUT2D eigenvalue weighted by molar-refractivity contribution is 5.42. The van der Waals surface area contributed by atoms with E-state index in [0.717, 1.165) is 31.0 Å². The van der Waals surface area contributed by atoms with Crippen LogP contribution in [0.25, 0.3) is 0 Å². The van der Waals surface area contributed by atoms with Crippen LogP contribution < -0.4 is 14.8 Å².